The lowest BCUT2D eigenvalue weighted by molar-refractivity contribution is -0.0757. The summed E-state index contributed by atoms with van der Waals surface area (Å²) in [6, 6.07) is 5.06. The predicted octanol–water partition coefficient (Wildman–Crippen LogP) is 1.83. The molecule has 0 radical (unpaired) electrons. The third-order valence-corrected chi connectivity index (χ3v) is 2.29. The van der Waals surface area contributed by atoms with Gasteiger partial charge in [0.1, 0.15) is 0 Å². The van der Waals surface area contributed by atoms with E-state index >= 15 is 0 Å². The van der Waals surface area contributed by atoms with Crippen molar-refractivity contribution in [1.29, 1.82) is 0 Å². The zero-order chi connectivity index (χ0) is 12.3. The quantitative estimate of drug-likeness (QED) is 0.578. The summed E-state index contributed by atoms with van der Waals surface area (Å²) in [6.07, 6.45) is 0. The van der Waals surface area contributed by atoms with Gasteiger partial charge in [-0.15, -0.1) is 0 Å². The van der Waals surface area contributed by atoms with E-state index in [-0.39, 0.29) is 11.7 Å². The van der Waals surface area contributed by atoms with Crippen molar-refractivity contribution in [3.63, 3.8) is 0 Å². The maximum absolute atomic E-state index is 11.8. The van der Waals surface area contributed by atoms with Crippen molar-refractivity contribution in [2.24, 2.45) is 0 Å². The molecule has 1 aromatic carbocycles. The normalized spacial score (nSPS) is 10.0. The first-order valence-electron chi connectivity index (χ1n) is 4.90. The van der Waals surface area contributed by atoms with Gasteiger partial charge in [0.2, 0.25) is 0 Å². The van der Waals surface area contributed by atoms with Crippen molar-refractivity contribution in [1.82, 2.24) is 5.06 Å². The molecule has 0 spiro atoms. The number of benzene rings is 1. The van der Waals surface area contributed by atoms with E-state index in [1.54, 1.807) is 18.2 Å². The monoisotopic (exact) mass is 221 g/mol. The number of carbonyl (C=O) groups excluding carboxylic acids is 2. The molecule has 4 heteroatoms. The second-order valence-corrected chi connectivity index (χ2v) is 3.63. The molecule has 0 unspecified atom stereocenters. The summed E-state index contributed by atoms with van der Waals surface area (Å²) in [5.41, 5.74) is 1.86. The fraction of sp³-hybridized carbons (Fsp3) is 0.333. The van der Waals surface area contributed by atoms with Gasteiger partial charge in [-0.1, -0.05) is 0 Å². The van der Waals surface area contributed by atoms with Crippen LogP contribution in [0.1, 0.15) is 33.2 Å². The number of Topliss-reactive ketones (excluding diaryl/α,β-unsaturated/α-hetero) is 1. The lowest BCUT2D eigenvalue weighted by atomic mass is 10.0. The summed E-state index contributed by atoms with van der Waals surface area (Å²) in [4.78, 5) is 27.9. The average Bonchev–Trinajstić information content (AvgIpc) is 2.26. The zero-order valence-electron chi connectivity index (χ0n) is 9.90. The number of hydrogen-bond donors (Lipinski definition) is 0. The Bertz CT molecular complexity index is 426. The third kappa shape index (κ3) is 2.67. The van der Waals surface area contributed by atoms with Crippen LogP contribution in [0.3, 0.4) is 0 Å². The Balaban J connectivity index is 3.14. The Morgan fingerprint density at radius 1 is 1.19 bits per heavy atom. The molecule has 0 saturated carbocycles. The molecule has 1 aromatic rings. The summed E-state index contributed by atoms with van der Waals surface area (Å²) in [5, 5.41) is 1.12. The van der Waals surface area contributed by atoms with Gasteiger partial charge >= 0.3 is 0 Å². The molecule has 0 bridgehead atoms. The van der Waals surface area contributed by atoms with Crippen LogP contribution >= 0.6 is 0 Å². The summed E-state index contributed by atoms with van der Waals surface area (Å²) < 4.78 is 0. The molecule has 0 atom stereocenters. The Labute approximate surface area is 94.8 Å². The van der Waals surface area contributed by atoms with Gasteiger partial charge in [0, 0.05) is 18.2 Å². The number of hydroxylamine groups is 2. The number of amides is 1. The summed E-state index contributed by atoms with van der Waals surface area (Å²) in [7, 11) is 2.94. The van der Waals surface area contributed by atoms with Crippen LogP contribution in [-0.2, 0) is 4.84 Å². The van der Waals surface area contributed by atoms with Gasteiger partial charge in [0.15, 0.2) is 5.78 Å². The van der Waals surface area contributed by atoms with Crippen molar-refractivity contribution in [2.45, 2.75) is 13.8 Å². The molecule has 1 amide bonds. The fourth-order valence-electron chi connectivity index (χ4n) is 1.37. The van der Waals surface area contributed by atoms with E-state index in [1.165, 1.54) is 21.1 Å². The van der Waals surface area contributed by atoms with E-state index in [9.17, 15) is 9.59 Å². The van der Waals surface area contributed by atoms with Crippen LogP contribution in [0, 0.1) is 6.92 Å². The molecule has 0 N–H and O–H groups in total. The summed E-state index contributed by atoms with van der Waals surface area (Å²) >= 11 is 0. The minimum absolute atomic E-state index is 0.0576. The SMILES string of the molecule is CON(C)C(=O)c1cc(C)cc(C(C)=O)c1. The molecule has 16 heavy (non-hydrogen) atoms. The molecular formula is C12H15NO3. The minimum Gasteiger partial charge on any atom is -0.295 e. The van der Waals surface area contributed by atoms with Crippen LogP contribution in [0.4, 0.5) is 0 Å². The molecule has 1 rings (SSSR count). The highest BCUT2D eigenvalue weighted by Gasteiger charge is 2.13. The summed E-state index contributed by atoms with van der Waals surface area (Å²) in [6.45, 7) is 3.32. The smallest absolute Gasteiger partial charge is 0.277 e. The summed E-state index contributed by atoms with van der Waals surface area (Å²) in [5.74, 6) is -0.327. The topological polar surface area (TPSA) is 46.6 Å². The maximum Gasteiger partial charge on any atom is 0.277 e. The van der Waals surface area contributed by atoms with Crippen LogP contribution < -0.4 is 0 Å². The highest BCUT2D eigenvalue weighted by atomic mass is 16.7. The molecular weight excluding hydrogens is 206 g/mol. The van der Waals surface area contributed by atoms with Crippen LogP contribution in [0.2, 0.25) is 0 Å². The Morgan fingerprint density at radius 2 is 1.75 bits per heavy atom. The first-order chi connectivity index (χ1) is 7.45. The average molecular weight is 221 g/mol. The van der Waals surface area contributed by atoms with E-state index in [4.69, 9.17) is 4.84 Å². The van der Waals surface area contributed by atoms with E-state index < -0.39 is 0 Å². The zero-order valence-corrected chi connectivity index (χ0v) is 9.90. The van der Waals surface area contributed by atoms with Gasteiger partial charge in [0.25, 0.3) is 5.91 Å². The highest BCUT2D eigenvalue weighted by Crippen LogP contribution is 2.12. The van der Waals surface area contributed by atoms with Crippen molar-refractivity contribution < 1.29 is 14.4 Å². The Kier molecular flexibility index (Phi) is 3.79. The maximum atomic E-state index is 11.8. The number of carbonyl (C=O) groups is 2. The first kappa shape index (κ1) is 12.4. The lowest BCUT2D eigenvalue weighted by Gasteiger charge is -2.14. The number of rotatable bonds is 3. The Morgan fingerprint density at radius 3 is 2.25 bits per heavy atom. The number of nitrogens with zero attached hydrogens (tertiary/aromatic N) is 1. The van der Waals surface area contributed by atoms with E-state index in [2.05, 4.69) is 0 Å². The van der Waals surface area contributed by atoms with Crippen molar-refractivity contribution in [2.75, 3.05) is 14.2 Å². The second kappa shape index (κ2) is 4.90. The lowest BCUT2D eigenvalue weighted by Crippen LogP contribution is -2.25. The molecule has 0 aromatic heterocycles. The van der Waals surface area contributed by atoms with Crippen molar-refractivity contribution in [3.05, 3.63) is 34.9 Å². The molecule has 0 heterocycles. The van der Waals surface area contributed by atoms with Crippen LogP contribution in [0.15, 0.2) is 18.2 Å². The molecule has 0 fully saturated rings. The third-order valence-electron chi connectivity index (χ3n) is 2.29. The van der Waals surface area contributed by atoms with E-state index in [1.807, 2.05) is 6.92 Å². The number of ketones is 1. The standard InChI is InChI=1S/C12H15NO3/c1-8-5-10(9(2)14)7-11(6-8)12(15)13(3)16-4/h5-7H,1-4H3. The van der Waals surface area contributed by atoms with E-state index in [0.29, 0.717) is 11.1 Å². The van der Waals surface area contributed by atoms with Gasteiger partial charge in [0.05, 0.1) is 7.11 Å². The van der Waals surface area contributed by atoms with Crippen LogP contribution in [-0.4, -0.2) is 30.9 Å². The van der Waals surface area contributed by atoms with Crippen LogP contribution in [0.5, 0.6) is 0 Å². The first-order valence-corrected chi connectivity index (χ1v) is 4.90. The van der Waals surface area contributed by atoms with Gasteiger partial charge in [-0.05, 0) is 37.6 Å². The van der Waals surface area contributed by atoms with Crippen molar-refractivity contribution >= 4 is 11.7 Å². The van der Waals surface area contributed by atoms with Gasteiger partial charge < -0.3 is 0 Å². The molecule has 0 saturated heterocycles. The van der Waals surface area contributed by atoms with Crippen LogP contribution in [0.25, 0.3) is 0 Å². The van der Waals surface area contributed by atoms with Gasteiger partial charge in [-0.2, -0.15) is 0 Å². The predicted molar refractivity (Wildman–Crippen MR) is 60.3 cm³/mol. The number of hydrogen-bond acceptors (Lipinski definition) is 3. The molecule has 0 aliphatic heterocycles. The largest absolute Gasteiger partial charge is 0.295 e. The Hall–Kier alpha value is -1.68. The van der Waals surface area contributed by atoms with Crippen molar-refractivity contribution in [3.8, 4) is 0 Å². The minimum atomic E-state index is -0.270. The number of aryl methyl sites for hydroxylation is 1. The highest BCUT2D eigenvalue weighted by molar-refractivity contribution is 5.99. The van der Waals surface area contributed by atoms with Gasteiger partial charge in [-0.3, -0.25) is 14.4 Å². The molecule has 0 aliphatic rings. The van der Waals surface area contributed by atoms with E-state index in [0.717, 1.165) is 10.6 Å². The fourth-order valence-corrected chi connectivity index (χ4v) is 1.37. The molecule has 4 nitrogen and oxygen atoms in total. The van der Waals surface area contributed by atoms with Gasteiger partial charge in [-0.25, -0.2) is 5.06 Å². The second-order valence-electron chi connectivity index (χ2n) is 3.63. The molecule has 0 aliphatic carbocycles. The molecule has 86 valence electrons.